The lowest BCUT2D eigenvalue weighted by Crippen LogP contribution is -2.16. The number of rotatable bonds is 5. The van der Waals surface area contributed by atoms with E-state index in [0.29, 0.717) is 18.1 Å². The molecule has 0 heterocycles. The Morgan fingerprint density at radius 2 is 2.31 bits per heavy atom. The van der Waals surface area contributed by atoms with Gasteiger partial charge >= 0.3 is 5.97 Å². The molecule has 16 heavy (non-hydrogen) atoms. The van der Waals surface area contributed by atoms with Gasteiger partial charge < -0.3 is 10.4 Å². The summed E-state index contributed by atoms with van der Waals surface area (Å²) in [5, 5.41) is 12.4. The number of aliphatic carboxylic acids is 1. The molecular formula is C12H14ClNO2. The lowest BCUT2D eigenvalue weighted by molar-refractivity contribution is -0.131. The number of halogens is 1. The van der Waals surface area contributed by atoms with Gasteiger partial charge in [0.15, 0.2) is 0 Å². The Kier molecular flexibility index (Phi) is 5.02. The van der Waals surface area contributed by atoms with Crippen molar-refractivity contribution in [3.05, 3.63) is 46.5 Å². The number of benzene rings is 1. The molecule has 0 aromatic heterocycles. The normalized spacial score (nSPS) is 11.5. The van der Waals surface area contributed by atoms with Gasteiger partial charge in [-0.25, -0.2) is 4.79 Å². The molecule has 0 aliphatic rings. The van der Waals surface area contributed by atoms with Gasteiger partial charge in [-0.1, -0.05) is 29.3 Å². The summed E-state index contributed by atoms with van der Waals surface area (Å²) in [5.41, 5.74) is 1.87. The van der Waals surface area contributed by atoms with E-state index in [2.05, 4.69) is 5.32 Å². The molecule has 0 saturated heterocycles. The minimum atomic E-state index is -0.915. The van der Waals surface area contributed by atoms with Gasteiger partial charge in [-0.3, -0.25) is 0 Å². The summed E-state index contributed by atoms with van der Waals surface area (Å²) in [6.45, 7) is 3.00. The zero-order chi connectivity index (χ0) is 12.0. The van der Waals surface area contributed by atoms with Gasteiger partial charge in [0.25, 0.3) is 0 Å². The SMILES string of the molecule is C/C(=C/C(=O)O)CNCc1cccc(Cl)c1. The Hall–Kier alpha value is -1.32. The minimum absolute atomic E-state index is 0.554. The Bertz CT molecular complexity index is 402. The van der Waals surface area contributed by atoms with Gasteiger partial charge in [-0.05, 0) is 24.6 Å². The standard InChI is InChI=1S/C12H14ClNO2/c1-9(5-12(15)16)7-14-8-10-3-2-4-11(13)6-10/h2-6,14H,7-8H2,1H3,(H,15,16)/b9-5-. The van der Waals surface area contributed by atoms with E-state index < -0.39 is 5.97 Å². The van der Waals surface area contributed by atoms with Crippen LogP contribution in [0.15, 0.2) is 35.9 Å². The van der Waals surface area contributed by atoms with Crippen molar-refractivity contribution in [2.75, 3.05) is 6.54 Å². The van der Waals surface area contributed by atoms with E-state index in [1.807, 2.05) is 24.3 Å². The van der Waals surface area contributed by atoms with Gasteiger partial charge in [0.2, 0.25) is 0 Å². The molecule has 0 fully saturated rings. The van der Waals surface area contributed by atoms with Gasteiger partial charge in [-0.2, -0.15) is 0 Å². The predicted molar refractivity (Wildman–Crippen MR) is 64.6 cm³/mol. The van der Waals surface area contributed by atoms with Gasteiger partial charge in [0.1, 0.15) is 0 Å². The van der Waals surface area contributed by atoms with Crippen molar-refractivity contribution in [1.82, 2.24) is 5.32 Å². The fourth-order valence-corrected chi connectivity index (χ4v) is 1.53. The summed E-state index contributed by atoms with van der Waals surface area (Å²) in [4.78, 5) is 10.4. The zero-order valence-corrected chi connectivity index (χ0v) is 9.79. The third-order valence-corrected chi connectivity index (χ3v) is 2.23. The molecule has 0 radical (unpaired) electrons. The van der Waals surface area contributed by atoms with Crippen LogP contribution in [-0.2, 0) is 11.3 Å². The lowest BCUT2D eigenvalue weighted by Gasteiger charge is -2.05. The Morgan fingerprint density at radius 1 is 1.56 bits per heavy atom. The van der Waals surface area contributed by atoms with Crippen LogP contribution >= 0.6 is 11.6 Å². The van der Waals surface area contributed by atoms with Crippen LogP contribution in [0.5, 0.6) is 0 Å². The molecule has 1 rings (SSSR count). The van der Waals surface area contributed by atoms with Crippen LogP contribution in [0.25, 0.3) is 0 Å². The number of carbonyl (C=O) groups is 1. The first kappa shape index (κ1) is 12.7. The monoisotopic (exact) mass is 239 g/mol. The molecule has 0 amide bonds. The minimum Gasteiger partial charge on any atom is -0.478 e. The molecule has 0 spiro atoms. The van der Waals surface area contributed by atoms with E-state index in [1.54, 1.807) is 6.92 Å². The van der Waals surface area contributed by atoms with Gasteiger partial charge in [-0.15, -0.1) is 0 Å². The maximum Gasteiger partial charge on any atom is 0.328 e. The number of hydrogen-bond donors (Lipinski definition) is 2. The Labute approximate surface area is 99.7 Å². The van der Waals surface area contributed by atoms with Crippen LogP contribution in [0.4, 0.5) is 0 Å². The number of nitrogens with one attached hydrogen (secondary N) is 1. The molecule has 1 aromatic carbocycles. The van der Waals surface area contributed by atoms with Crippen LogP contribution in [-0.4, -0.2) is 17.6 Å². The fourth-order valence-electron chi connectivity index (χ4n) is 1.31. The highest BCUT2D eigenvalue weighted by Gasteiger charge is 1.96. The molecule has 4 heteroatoms. The molecule has 3 nitrogen and oxygen atoms in total. The number of hydrogen-bond acceptors (Lipinski definition) is 2. The topological polar surface area (TPSA) is 49.3 Å². The van der Waals surface area contributed by atoms with E-state index in [-0.39, 0.29) is 0 Å². The lowest BCUT2D eigenvalue weighted by atomic mass is 10.2. The predicted octanol–water partition coefficient (Wildman–Crippen LogP) is 2.46. The second-order valence-corrected chi connectivity index (χ2v) is 4.00. The molecule has 0 unspecified atom stereocenters. The summed E-state index contributed by atoms with van der Waals surface area (Å²) >= 11 is 5.84. The maximum absolute atomic E-state index is 10.4. The first-order chi connectivity index (χ1) is 7.58. The molecule has 0 atom stereocenters. The molecule has 0 aliphatic heterocycles. The summed E-state index contributed by atoms with van der Waals surface area (Å²) in [6.07, 6.45) is 1.20. The van der Waals surface area contributed by atoms with E-state index in [9.17, 15) is 4.79 Å². The van der Waals surface area contributed by atoms with Crippen molar-refractivity contribution < 1.29 is 9.90 Å². The first-order valence-corrected chi connectivity index (χ1v) is 5.31. The fraction of sp³-hybridized carbons (Fsp3) is 0.250. The number of carboxylic acids is 1. The molecular weight excluding hydrogens is 226 g/mol. The summed E-state index contributed by atoms with van der Waals surface area (Å²) in [6, 6.07) is 7.56. The van der Waals surface area contributed by atoms with Crippen LogP contribution < -0.4 is 5.32 Å². The average molecular weight is 240 g/mol. The Balaban J connectivity index is 2.39. The molecule has 0 bridgehead atoms. The van der Waals surface area contributed by atoms with Crippen molar-refractivity contribution in [3.8, 4) is 0 Å². The number of carboxylic acid groups (broad SMARTS) is 1. The van der Waals surface area contributed by atoms with E-state index >= 15 is 0 Å². The van der Waals surface area contributed by atoms with Crippen LogP contribution in [0.1, 0.15) is 12.5 Å². The van der Waals surface area contributed by atoms with Crippen molar-refractivity contribution in [2.45, 2.75) is 13.5 Å². The second-order valence-electron chi connectivity index (χ2n) is 3.56. The Morgan fingerprint density at radius 3 is 2.94 bits per heavy atom. The van der Waals surface area contributed by atoms with Crippen LogP contribution in [0.2, 0.25) is 5.02 Å². The quantitative estimate of drug-likeness (QED) is 0.776. The summed E-state index contributed by atoms with van der Waals surface area (Å²) < 4.78 is 0. The highest BCUT2D eigenvalue weighted by atomic mass is 35.5. The second kappa shape index (κ2) is 6.30. The van der Waals surface area contributed by atoms with Crippen molar-refractivity contribution >= 4 is 17.6 Å². The van der Waals surface area contributed by atoms with E-state index in [1.165, 1.54) is 6.08 Å². The van der Waals surface area contributed by atoms with Gasteiger partial charge in [0, 0.05) is 24.2 Å². The molecule has 0 aliphatic carbocycles. The zero-order valence-electron chi connectivity index (χ0n) is 9.03. The van der Waals surface area contributed by atoms with Crippen molar-refractivity contribution in [3.63, 3.8) is 0 Å². The largest absolute Gasteiger partial charge is 0.478 e. The summed E-state index contributed by atoms with van der Waals surface area (Å²) in [5.74, 6) is -0.915. The van der Waals surface area contributed by atoms with Gasteiger partial charge in [0.05, 0.1) is 0 Å². The smallest absolute Gasteiger partial charge is 0.328 e. The highest BCUT2D eigenvalue weighted by molar-refractivity contribution is 6.30. The molecule has 86 valence electrons. The van der Waals surface area contributed by atoms with Crippen molar-refractivity contribution in [1.29, 1.82) is 0 Å². The third-order valence-electron chi connectivity index (χ3n) is 1.99. The molecule has 2 N–H and O–H groups in total. The highest BCUT2D eigenvalue weighted by Crippen LogP contribution is 2.10. The maximum atomic E-state index is 10.4. The summed E-state index contributed by atoms with van der Waals surface area (Å²) in [7, 11) is 0. The average Bonchev–Trinajstić information content (AvgIpc) is 2.16. The first-order valence-electron chi connectivity index (χ1n) is 4.93. The van der Waals surface area contributed by atoms with Crippen LogP contribution in [0.3, 0.4) is 0 Å². The molecule has 1 aromatic rings. The molecule has 0 saturated carbocycles. The van der Waals surface area contributed by atoms with E-state index in [0.717, 1.165) is 11.1 Å². The van der Waals surface area contributed by atoms with Crippen molar-refractivity contribution in [2.24, 2.45) is 0 Å². The van der Waals surface area contributed by atoms with Crippen LogP contribution in [0, 0.1) is 0 Å². The van der Waals surface area contributed by atoms with E-state index in [4.69, 9.17) is 16.7 Å². The third kappa shape index (κ3) is 4.96.